The van der Waals surface area contributed by atoms with E-state index in [1.807, 2.05) is 16.8 Å². The van der Waals surface area contributed by atoms with Gasteiger partial charge in [-0.15, -0.1) is 0 Å². The Morgan fingerprint density at radius 1 is 1.14 bits per heavy atom. The van der Waals surface area contributed by atoms with Gasteiger partial charge in [0.2, 0.25) is 0 Å². The Morgan fingerprint density at radius 3 is 2.32 bits per heavy atom. The molecule has 1 aromatic heterocycles. The number of unbranched alkanes of at least 4 members (excludes halogenated alkanes) is 5. The van der Waals surface area contributed by atoms with Gasteiger partial charge in [0, 0.05) is 18.6 Å². The van der Waals surface area contributed by atoms with Crippen molar-refractivity contribution in [3.63, 3.8) is 0 Å². The highest BCUT2D eigenvalue weighted by atomic mass is 79.9. The molecule has 0 saturated heterocycles. The first-order valence-electron chi connectivity index (χ1n) is 7.22. The molecule has 22 heavy (non-hydrogen) atoms. The van der Waals surface area contributed by atoms with Gasteiger partial charge in [0.15, 0.2) is 12.4 Å². The largest absolute Gasteiger partial charge is 1.00 e. The first-order chi connectivity index (χ1) is 9.88. The molecule has 0 bridgehead atoms. The van der Waals surface area contributed by atoms with Gasteiger partial charge in [0.05, 0.1) is 0 Å². The molecule has 0 aromatic carbocycles. The summed E-state index contributed by atoms with van der Waals surface area (Å²) in [6, 6.07) is 3.50. The lowest BCUT2D eigenvalue weighted by atomic mass is 10.1. The zero-order valence-corrected chi connectivity index (χ0v) is 15.0. The molecule has 126 valence electrons. The standard InChI is InChI=1S/C14H23N2O4P.BrH/c15-14(17)13-8-7-10-16(12-13)9-5-3-1-2-4-6-11-21(18,19)20;/h7-8,10,12H,1-6,9,11H2,(H3-,15,17,18,19,20);1H. The van der Waals surface area contributed by atoms with E-state index in [9.17, 15) is 9.36 Å². The summed E-state index contributed by atoms with van der Waals surface area (Å²) in [5, 5.41) is 0. The second kappa shape index (κ2) is 10.9. The van der Waals surface area contributed by atoms with Gasteiger partial charge >= 0.3 is 7.60 Å². The number of nitrogens with zero attached hydrogens (tertiary/aromatic N) is 1. The van der Waals surface area contributed by atoms with E-state index in [0.717, 1.165) is 38.6 Å². The molecule has 0 fully saturated rings. The van der Waals surface area contributed by atoms with E-state index < -0.39 is 13.5 Å². The van der Waals surface area contributed by atoms with Crippen LogP contribution in [0.5, 0.6) is 0 Å². The summed E-state index contributed by atoms with van der Waals surface area (Å²) in [5.41, 5.74) is 5.74. The van der Waals surface area contributed by atoms with Gasteiger partial charge in [-0.2, -0.15) is 0 Å². The van der Waals surface area contributed by atoms with Crippen molar-refractivity contribution in [1.29, 1.82) is 0 Å². The Kier molecular flexibility index (Phi) is 10.5. The smallest absolute Gasteiger partial charge is 0.325 e. The van der Waals surface area contributed by atoms with Crippen molar-refractivity contribution in [1.82, 2.24) is 0 Å². The molecular weight excluding hydrogens is 371 g/mol. The maximum atomic E-state index is 11.1. The van der Waals surface area contributed by atoms with Crippen LogP contribution in [-0.2, 0) is 11.1 Å². The van der Waals surface area contributed by atoms with Gasteiger partial charge in [-0.25, -0.2) is 4.57 Å². The number of pyridine rings is 1. The molecule has 0 aliphatic rings. The van der Waals surface area contributed by atoms with Crippen LogP contribution < -0.4 is 27.3 Å². The topological polar surface area (TPSA) is 105 Å². The summed E-state index contributed by atoms with van der Waals surface area (Å²) >= 11 is 0. The normalized spacial score (nSPS) is 11.0. The third-order valence-corrected chi connectivity index (χ3v) is 4.16. The summed E-state index contributed by atoms with van der Waals surface area (Å²) in [6.45, 7) is 0.837. The average molecular weight is 395 g/mol. The second-order valence-electron chi connectivity index (χ2n) is 5.20. The van der Waals surface area contributed by atoms with Gasteiger partial charge in [-0.3, -0.25) is 9.36 Å². The number of carbonyl (C=O) groups excluding carboxylic acids is 1. The molecule has 1 amide bonds. The number of hydrogen-bond donors (Lipinski definition) is 3. The highest BCUT2D eigenvalue weighted by Gasteiger charge is 2.11. The van der Waals surface area contributed by atoms with Crippen LogP contribution >= 0.6 is 7.60 Å². The van der Waals surface area contributed by atoms with Gasteiger partial charge < -0.3 is 32.5 Å². The minimum Gasteiger partial charge on any atom is -1.00 e. The van der Waals surface area contributed by atoms with Crippen molar-refractivity contribution in [2.75, 3.05) is 6.16 Å². The third-order valence-electron chi connectivity index (χ3n) is 3.26. The van der Waals surface area contributed by atoms with Crippen LogP contribution in [0, 0.1) is 0 Å². The van der Waals surface area contributed by atoms with Crippen molar-refractivity contribution in [3.05, 3.63) is 30.1 Å². The molecule has 0 aliphatic heterocycles. The molecule has 1 rings (SSSR count). The molecule has 8 heteroatoms. The molecule has 0 unspecified atom stereocenters. The van der Waals surface area contributed by atoms with Gasteiger partial charge in [0.25, 0.3) is 5.91 Å². The van der Waals surface area contributed by atoms with E-state index in [2.05, 4.69) is 0 Å². The van der Waals surface area contributed by atoms with E-state index in [-0.39, 0.29) is 23.1 Å². The Labute approximate surface area is 141 Å². The Bertz CT molecular complexity index is 507. The molecule has 0 atom stereocenters. The van der Waals surface area contributed by atoms with E-state index in [4.69, 9.17) is 15.5 Å². The van der Waals surface area contributed by atoms with Crippen molar-refractivity contribution < 1.29 is 40.7 Å². The SMILES string of the molecule is NC(=O)c1ccc[n+](CCCCCCCCP(=O)(O)O)c1.[Br-]. The molecule has 0 aliphatic carbocycles. The average Bonchev–Trinajstić information content (AvgIpc) is 2.41. The zero-order chi connectivity index (χ0) is 15.7. The van der Waals surface area contributed by atoms with Crippen LogP contribution in [0.15, 0.2) is 24.5 Å². The third kappa shape index (κ3) is 10.1. The minimum atomic E-state index is -3.82. The number of rotatable bonds is 10. The molecule has 1 heterocycles. The number of amides is 1. The fraction of sp³-hybridized carbons (Fsp3) is 0.571. The number of halogens is 1. The van der Waals surface area contributed by atoms with E-state index >= 15 is 0 Å². The zero-order valence-electron chi connectivity index (χ0n) is 12.5. The quantitative estimate of drug-likeness (QED) is 0.257. The van der Waals surface area contributed by atoms with Gasteiger partial charge in [-0.05, 0) is 18.9 Å². The van der Waals surface area contributed by atoms with Crippen LogP contribution in [0.1, 0.15) is 48.9 Å². The predicted molar refractivity (Wildman–Crippen MR) is 79.8 cm³/mol. The number of nitrogens with two attached hydrogens (primary N) is 1. The number of aromatic nitrogens is 1. The Hall–Kier alpha value is -0.750. The van der Waals surface area contributed by atoms with Crippen LogP contribution in [-0.4, -0.2) is 21.9 Å². The molecule has 4 N–H and O–H groups in total. The fourth-order valence-corrected chi connectivity index (χ4v) is 2.76. The highest BCUT2D eigenvalue weighted by Crippen LogP contribution is 2.35. The first kappa shape index (κ1) is 21.2. The first-order valence-corrected chi connectivity index (χ1v) is 9.02. The van der Waals surface area contributed by atoms with E-state index in [0.29, 0.717) is 12.0 Å². The molecule has 0 radical (unpaired) electrons. The maximum absolute atomic E-state index is 11.1. The van der Waals surface area contributed by atoms with Crippen molar-refractivity contribution in [3.8, 4) is 0 Å². The minimum absolute atomic E-state index is 0. The van der Waals surface area contributed by atoms with E-state index in [1.54, 1.807) is 12.3 Å². The predicted octanol–water partition coefficient (Wildman–Crippen LogP) is -1.40. The lowest BCUT2D eigenvalue weighted by Crippen LogP contribution is -3.00. The molecule has 0 saturated carbocycles. The second-order valence-corrected chi connectivity index (χ2v) is 6.98. The summed E-state index contributed by atoms with van der Waals surface area (Å²) in [5.74, 6) is -0.422. The Balaban J connectivity index is 0.00000441. The molecular formula is C14H24BrN2O4P. The summed E-state index contributed by atoms with van der Waals surface area (Å²) in [6.07, 6.45) is 9.20. The Morgan fingerprint density at radius 2 is 1.73 bits per heavy atom. The maximum Gasteiger partial charge on any atom is 0.325 e. The van der Waals surface area contributed by atoms with Crippen LogP contribution in [0.4, 0.5) is 0 Å². The molecule has 6 nitrogen and oxygen atoms in total. The van der Waals surface area contributed by atoms with Crippen molar-refractivity contribution in [2.24, 2.45) is 5.73 Å². The number of aryl methyl sites for hydroxylation is 1. The molecule has 1 aromatic rings. The summed E-state index contributed by atoms with van der Waals surface area (Å²) < 4.78 is 12.6. The van der Waals surface area contributed by atoms with E-state index in [1.165, 1.54) is 0 Å². The fourth-order valence-electron chi connectivity index (χ4n) is 2.13. The lowest BCUT2D eigenvalue weighted by molar-refractivity contribution is -0.697. The van der Waals surface area contributed by atoms with Crippen molar-refractivity contribution >= 4 is 13.5 Å². The lowest BCUT2D eigenvalue weighted by Gasteiger charge is -2.03. The summed E-state index contributed by atoms with van der Waals surface area (Å²) in [4.78, 5) is 28.5. The summed E-state index contributed by atoms with van der Waals surface area (Å²) in [7, 11) is -3.82. The molecule has 0 spiro atoms. The monoisotopic (exact) mass is 394 g/mol. The van der Waals surface area contributed by atoms with Crippen molar-refractivity contribution in [2.45, 2.75) is 45.1 Å². The van der Waals surface area contributed by atoms with Gasteiger partial charge in [0.1, 0.15) is 12.1 Å². The number of primary amides is 1. The van der Waals surface area contributed by atoms with Crippen LogP contribution in [0.25, 0.3) is 0 Å². The van der Waals surface area contributed by atoms with Crippen LogP contribution in [0.2, 0.25) is 0 Å². The number of carbonyl (C=O) groups is 1. The highest BCUT2D eigenvalue weighted by molar-refractivity contribution is 7.51. The van der Waals surface area contributed by atoms with Crippen LogP contribution in [0.3, 0.4) is 0 Å². The number of hydrogen-bond acceptors (Lipinski definition) is 2. The van der Waals surface area contributed by atoms with Gasteiger partial charge in [-0.1, -0.05) is 19.3 Å².